The minimum Gasteiger partial charge on any atom is -0.493 e. The van der Waals surface area contributed by atoms with E-state index in [1.807, 2.05) is 18.2 Å². The van der Waals surface area contributed by atoms with Gasteiger partial charge in [0.2, 0.25) is 0 Å². The molecule has 0 amide bonds. The molecule has 0 saturated heterocycles. The van der Waals surface area contributed by atoms with E-state index >= 15 is 0 Å². The standard InChI is InChI=1S/C14H19BrO3/c1-3-5-8-18-13-10-12(15)7-6-11(13)9-14(16)17-4-2/h6-7,10H,3-5,8-9H2,1-2H3. The second-order valence-electron chi connectivity index (χ2n) is 3.94. The molecule has 0 radical (unpaired) electrons. The Morgan fingerprint density at radius 2 is 2.11 bits per heavy atom. The minimum absolute atomic E-state index is 0.222. The van der Waals surface area contributed by atoms with E-state index in [9.17, 15) is 4.79 Å². The number of rotatable bonds is 7. The number of ether oxygens (including phenoxy) is 2. The Morgan fingerprint density at radius 3 is 2.78 bits per heavy atom. The van der Waals surface area contributed by atoms with Gasteiger partial charge in [0.25, 0.3) is 0 Å². The summed E-state index contributed by atoms with van der Waals surface area (Å²) in [6, 6.07) is 5.69. The van der Waals surface area contributed by atoms with Crippen LogP contribution in [0.5, 0.6) is 5.75 Å². The maximum Gasteiger partial charge on any atom is 0.310 e. The number of hydrogen-bond donors (Lipinski definition) is 0. The molecule has 0 heterocycles. The highest BCUT2D eigenvalue weighted by Crippen LogP contribution is 2.24. The molecule has 0 N–H and O–H groups in total. The van der Waals surface area contributed by atoms with Gasteiger partial charge in [-0.15, -0.1) is 0 Å². The number of hydrogen-bond acceptors (Lipinski definition) is 3. The topological polar surface area (TPSA) is 35.5 Å². The molecule has 0 aromatic heterocycles. The van der Waals surface area contributed by atoms with E-state index < -0.39 is 0 Å². The molecule has 1 aromatic rings. The van der Waals surface area contributed by atoms with Crippen LogP contribution in [0, 0.1) is 0 Å². The summed E-state index contributed by atoms with van der Waals surface area (Å²) in [7, 11) is 0. The third kappa shape index (κ3) is 5.08. The molecule has 0 saturated carbocycles. The van der Waals surface area contributed by atoms with Crippen LogP contribution in [0.25, 0.3) is 0 Å². The molecule has 1 rings (SSSR count). The normalized spacial score (nSPS) is 10.2. The smallest absolute Gasteiger partial charge is 0.310 e. The van der Waals surface area contributed by atoms with Crippen molar-refractivity contribution in [3.63, 3.8) is 0 Å². The first-order chi connectivity index (χ1) is 8.67. The quantitative estimate of drug-likeness (QED) is 0.568. The molecule has 0 spiro atoms. The van der Waals surface area contributed by atoms with Gasteiger partial charge in [0.15, 0.2) is 0 Å². The van der Waals surface area contributed by atoms with E-state index in [0.717, 1.165) is 28.6 Å². The molecular formula is C14H19BrO3. The van der Waals surface area contributed by atoms with Gasteiger partial charge in [0.05, 0.1) is 19.6 Å². The van der Waals surface area contributed by atoms with Crippen molar-refractivity contribution in [2.75, 3.05) is 13.2 Å². The van der Waals surface area contributed by atoms with Crippen molar-refractivity contribution in [1.29, 1.82) is 0 Å². The van der Waals surface area contributed by atoms with Crippen molar-refractivity contribution in [2.45, 2.75) is 33.1 Å². The first kappa shape index (κ1) is 15.0. The third-order valence-electron chi connectivity index (χ3n) is 2.42. The van der Waals surface area contributed by atoms with Crippen molar-refractivity contribution >= 4 is 21.9 Å². The molecule has 18 heavy (non-hydrogen) atoms. The van der Waals surface area contributed by atoms with Crippen LogP contribution in [-0.2, 0) is 16.0 Å². The van der Waals surface area contributed by atoms with Gasteiger partial charge < -0.3 is 9.47 Å². The van der Waals surface area contributed by atoms with Crippen LogP contribution < -0.4 is 4.74 Å². The van der Waals surface area contributed by atoms with Crippen LogP contribution in [-0.4, -0.2) is 19.2 Å². The van der Waals surface area contributed by atoms with Gasteiger partial charge in [-0.3, -0.25) is 4.79 Å². The van der Waals surface area contributed by atoms with Gasteiger partial charge in [0, 0.05) is 10.0 Å². The Bertz CT molecular complexity index is 391. The van der Waals surface area contributed by atoms with Crippen LogP contribution >= 0.6 is 15.9 Å². The van der Waals surface area contributed by atoms with E-state index in [1.54, 1.807) is 6.92 Å². The molecule has 3 nitrogen and oxygen atoms in total. The number of benzene rings is 1. The second-order valence-corrected chi connectivity index (χ2v) is 4.85. The fourth-order valence-corrected chi connectivity index (χ4v) is 1.84. The summed E-state index contributed by atoms with van der Waals surface area (Å²) in [5, 5.41) is 0. The van der Waals surface area contributed by atoms with E-state index in [4.69, 9.17) is 9.47 Å². The molecule has 0 bridgehead atoms. The summed E-state index contributed by atoms with van der Waals surface area (Å²) in [5.74, 6) is 0.533. The molecule has 100 valence electrons. The highest BCUT2D eigenvalue weighted by atomic mass is 79.9. The lowest BCUT2D eigenvalue weighted by molar-refractivity contribution is -0.142. The van der Waals surface area contributed by atoms with E-state index in [0.29, 0.717) is 13.2 Å². The summed E-state index contributed by atoms with van der Waals surface area (Å²) >= 11 is 3.41. The number of esters is 1. The maximum atomic E-state index is 11.5. The molecule has 0 atom stereocenters. The number of unbranched alkanes of at least 4 members (excludes halogenated alkanes) is 1. The molecule has 0 aliphatic heterocycles. The Balaban J connectivity index is 2.72. The van der Waals surface area contributed by atoms with Crippen molar-refractivity contribution in [3.8, 4) is 5.75 Å². The predicted molar refractivity (Wildman–Crippen MR) is 74.9 cm³/mol. The predicted octanol–water partition coefficient (Wildman–Crippen LogP) is 3.73. The van der Waals surface area contributed by atoms with Crippen LogP contribution in [0.3, 0.4) is 0 Å². The van der Waals surface area contributed by atoms with Gasteiger partial charge in [-0.25, -0.2) is 0 Å². The number of carbonyl (C=O) groups excluding carboxylic acids is 1. The highest BCUT2D eigenvalue weighted by Gasteiger charge is 2.10. The van der Waals surface area contributed by atoms with Gasteiger partial charge in [0.1, 0.15) is 5.75 Å². The van der Waals surface area contributed by atoms with E-state index in [1.165, 1.54) is 0 Å². The SMILES string of the molecule is CCCCOc1cc(Br)ccc1CC(=O)OCC. The highest BCUT2D eigenvalue weighted by molar-refractivity contribution is 9.10. The summed E-state index contributed by atoms with van der Waals surface area (Å²) < 4.78 is 11.6. The lowest BCUT2D eigenvalue weighted by Crippen LogP contribution is -2.09. The van der Waals surface area contributed by atoms with E-state index in [-0.39, 0.29) is 12.4 Å². The number of carbonyl (C=O) groups is 1. The Morgan fingerprint density at radius 1 is 1.33 bits per heavy atom. The van der Waals surface area contributed by atoms with Gasteiger partial charge in [-0.1, -0.05) is 35.3 Å². The Hall–Kier alpha value is -1.03. The fraction of sp³-hybridized carbons (Fsp3) is 0.500. The van der Waals surface area contributed by atoms with Crippen LogP contribution in [0.2, 0.25) is 0 Å². The maximum absolute atomic E-state index is 11.5. The average Bonchev–Trinajstić information content (AvgIpc) is 2.33. The van der Waals surface area contributed by atoms with Crippen LogP contribution in [0.4, 0.5) is 0 Å². The molecule has 0 aliphatic carbocycles. The Labute approximate surface area is 117 Å². The fourth-order valence-electron chi connectivity index (χ4n) is 1.50. The lowest BCUT2D eigenvalue weighted by atomic mass is 10.1. The molecule has 0 unspecified atom stereocenters. The van der Waals surface area contributed by atoms with Crippen molar-refractivity contribution in [3.05, 3.63) is 28.2 Å². The minimum atomic E-state index is -0.222. The summed E-state index contributed by atoms with van der Waals surface area (Å²) in [5.41, 5.74) is 0.868. The van der Waals surface area contributed by atoms with E-state index in [2.05, 4.69) is 22.9 Å². The number of halogens is 1. The zero-order chi connectivity index (χ0) is 13.4. The van der Waals surface area contributed by atoms with Crippen molar-refractivity contribution in [2.24, 2.45) is 0 Å². The Kier molecular flexibility index (Phi) is 6.80. The largest absolute Gasteiger partial charge is 0.493 e. The molecular weight excluding hydrogens is 296 g/mol. The molecule has 4 heteroatoms. The summed E-state index contributed by atoms with van der Waals surface area (Å²) in [6.07, 6.45) is 2.34. The molecule has 0 aliphatic rings. The molecule has 0 fully saturated rings. The summed E-state index contributed by atoms with van der Waals surface area (Å²) in [4.78, 5) is 11.5. The zero-order valence-electron chi connectivity index (χ0n) is 10.9. The average molecular weight is 315 g/mol. The van der Waals surface area contributed by atoms with Crippen molar-refractivity contribution < 1.29 is 14.3 Å². The molecule has 1 aromatic carbocycles. The first-order valence-corrected chi connectivity index (χ1v) is 7.03. The van der Waals surface area contributed by atoms with Gasteiger partial charge in [-0.2, -0.15) is 0 Å². The first-order valence-electron chi connectivity index (χ1n) is 6.24. The van der Waals surface area contributed by atoms with Crippen molar-refractivity contribution in [1.82, 2.24) is 0 Å². The third-order valence-corrected chi connectivity index (χ3v) is 2.92. The zero-order valence-corrected chi connectivity index (χ0v) is 12.5. The lowest BCUT2D eigenvalue weighted by Gasteiger charge is -2.11. The van der Waals surface area contributed by atoms with Gasteiger partial charge in [-0.05, 0) is 25.5 Å². The second kappa shape index (κ2) is 8.14. The van der Waals surface area contributed by atoms with Gasteiger partial charge >= 0.3 is 5.97 Å². The monoisotopic (exact) mass is 314 g/mol. The van der Waals surface area contributed by atoms with Crippen LogP contribution in [0.15, 0.2) is 22.7 Å². The summed E-state index contributed by atoms with van der Waals surface area (Å²) in [6.45, 7) is 4.99. The van der Waals surface area contributed by atoms with Crippen LogP contribution in [0.1, 0.15) is 32.3 Å².